The van der Waals surface area contributed by atoms with Crippen molar-refractivity contribution in [2.24, 2.45) is 5.92 Å². The van der Waals surface area contributed by atoms with Crippen LogP contribution in [0.1, 0.15) is 45.4 Å². The fraction of sp³-hybridized carbons (Fsp3) is 0.250. The monoisotopic (exact) mass is 322 g/mol. The summed E-state index contributed by atoms with van der Waals surface area (Å²) in [7, 11) is 0. The maximum absolute atomic E-state index is 14.4. The Hall–Kier alpha value is -2.62. The Morgan fingerprint density at radius 3 is 2.79 bits per heavy atom. The lowest BCUT2D eigenvalue weighted by atomic mass is 9.74. The Morgan fingerprint density at radius 2 is 2.04 bits per heavy atom. The van der Waals surface area contributed by atoms with Crippen molar-refractivity contribution in [3.05, 3.63) is 76.6 Å². The quantitative estimate of drug-likeness (QED) is 0.863. The minimum atomic E-state index is -1.17. The Labute approximate surface area is 139 Å². The zero-order chi connectivity index (χ0) is 16.8. The van der Waals surface area contributed by atoms with Gasteiger partial charge in [-0.2, -0.15) is 0 Å². The number of benzene rings is 2. The Morgan fingerprint density at radius 1 is 1.25 bits per heavy atom. The number of fused-ring (bicyclic) bond motifs is 3. The number of hydrogen-bond donors (Lipinski definition) is 1. The molecule has 0 saturated heterocycles. The second kappa shape index (κ2) is 5.48. The highest BCUT2D eigenvalue weighted by atomic mass is 19.1. The van der Waals surface area contributed by atoms with Crippen LogP contribution < -0.4 is 10.4 Å². The molecule has 0 saturated carbocycles. The average Bonchev–Trinajstić information content (AvgIpc) is 3.05. The summed E-state index contributed by atoms with van der Waals surface area (Å²) in [5.74, 6) is -1.36. The largest absolute Gasteiger partial charge is 0.545 e. The number of aryl methyl sites for hydroxylation is 1. The summed E-state index contributed by atoms with van der Waals surface area (Å²) in [5, 5.41) is 15.0. The molecule has 1 heterocycles. The van der Waals surface area contributed by atoms with Gasteiger partial charge in [-0.25, -0.2) is 4.39 Å². The molecule has 2 aliphatic rings. The van der Waals surface area contributed by atoms with Gasteiger partial charge in [0.1, 0.15) is 5.82 Å². The van der Waals surface area contributed by atoms with Gasteiger partial charge in [0.05, 0.1) is 12.0 Å². The molecule has 1 aliphatic carbocycles. The van der Waals surface area contributed by atoms with Crippen molar-refractivity contribution in [2.75, 3.05) is 5.32 Å². The molecular formula is C20H17FNO2-. The molecule has 0 fully saturated rings. The number of rotatable bonds is 2. The van der Waals surface area contributed by atoms with E-state index in [1.54, 1.807) is 24.3 Å². The van der Waals surface area contributed by atoms with Crippen molar-refractivity contribution < 1.29 is 14.3 Å². The number of anilines is 1. The predicted octanol–water partition coefficient (Wildman–Crippen LogP) is 3.32. The van der Waals surface area contributed by atoms with Gasteiger partial charge in [0.15, 0.2) is 0 Å². The number of halogens is 1. The summed E-state index contributed by atoms with van der Waals surface area (Å²) in [4.78, 5) is 11.6. The van der Waals surface area contributed by atoms with Crippen molar-refractivity contribution in [3.8, 4) is 0 Å². The highest BCUT2D eigenvalue weighted by Crippen LogP contribution is 2.51. The summed E-state index contributed by atoms with van der Waals surface area (Å²) in [6.07, 6.45) is 4.89. The van der Waals surface area contributed by atoms with Crippen molar-refractivity contribution >= 4 is 11.7 Å². The van der Waals surface area contributed by atoms with E-state index in [2.05, 4.69) is 11.4 Å². The fourth-order valence-corrected chi connectivity index (χ4v) is 4.07. The van der Waals surface area contributed by atoms with Crippen LogP contribution in [0.25, 0.3) is 0 Å². The molecule has 4 heteroatoms. The normalized spacial score (nSPS) is 24.2. The summed E-state index contributed by atoms with van der Waals surface area (Å²) >= 11 is 0. The number of hydrogen-bond acceptors (Lipinski definition) is 3. The first-order valence-corrected chi connectivity index (χ1v) is 8.10. The first-order chi connectivity index (χ1) is 11.6. The van der Waals surface area contributed by atoms with Gasteiger partial charge in [-0.3, -0.25) is 0 Å². The van der Waals surface area contributed by atoms with Gasteiger partial charge in [0.25, 0.3) is 0 Å². The van der Waals surface area contributed by atoms with Crippen molar-refractivity contribution in [1.82, 2.24) is 0 Å². The number of carbonyl (C=O) groups is 1. The molecule has 2 aromatic carbocycles. The van der Waals surface area contributed by atoms with Crippen LogP contribution in [0.3, 0.4) is 0 Å². The van der Waals surface area contributed by atoms with E-state index in [-0.39, 0.29) is 29.3 Å². The van der Waals surface area contributed by atoms with E-state index >= 15 is 0 Å². The molecule has 0 unspecified atom stereocenters. The van der Waals surface area contributed by atoms with Crippen molar-refractivity contribution in [2.45, 2.75) is 25.3 Å². The van der Waals surface area contributed by atoms with Crippen LogP contribution in [0.5, 0.6) is 0 Å². The van der Waals surface area contributed by atoms with Crippen LogP contribution in [-0.4, -0.2) is 5.97 Å². The van der Waals surface area contributed by atoms with Crippen LogP contribution in [-0.2, 0) is 0 Å². The predicted molar refractivity (Wildman–Crippen MR) is 88.3 cm³/mol. The maximum Gasteiger partial charge on any atom is 0.128 e. The fourth-order valence-electron chi connectivity index (χ4n) is 4.07. The maximum atomic E-state index is 14.4. The van der Waals surface area contributed by atoms with E-state index in [0.29, 0.717) is 5.56 Å². The van der Waals surface area contributed by atoms with Gasteiger partial charge >= 0.3 is 0 Å². The first-order valence-electron chi connectivity index (χ1n) is 8.10. The lowest BCUT2D eigenvalue weighted by molar-refractivity contribution is -0.255. The van der Waals surface area contributed by atoms with E-state index in [1.165, 1.54) is 6.07 Å². The number of aromatic carboxylic acids is 1. The Balaban J connectivity index is 1.90. The number of allylic oxidation sites excluding steroid dienone is 2. The van der Waals surface area contributed by atoms with Crippen LogP contribution in [0.4, 0.5) is 10.1 Å². The number of nitrogens with one attached hydrogen (secondary N) is 1. The first kappa shape index (κ1) is 14.9. The summed E-state index contributed by atoms with van der Waals surface area (Å²) in [6.45, 7) is 1.93. The second-order valence-electron chi connectivity index (χ2n) is 6.50. The van der Waals surface area contributed by atoms with Gasteiger partial charge in [0, 0.05) is 22.7 Å². The topological polar surface area (TPSA) is 52.2 Å². The molecule has 24 heavy (non-hydrogen) atoms. The van der Waals surface area contributed by atoms with Gasteiger partial charge in [0.2, 0.25) is 0 Å². The second-order valence-corrected chi connectivity index (χ2v) is 6.50. The third kappa shape index (κ3) is 2.13. The molecule has 1 N–H and O–H groups in total. The molecule has 2 aromatic rings. The van der Waals surface area contributed by atoms with Crippen LogP contribution >= 0.6 is 0 Å². The van der Waals surface area contributed by atoms with Gasteiger partial charge in [-0.1, -0.05) is 42.5 Å². The van der Waals surface area contributed by atoms with E-state index < -0.39 is 5.97 Å². The average molecular weight is 322 g/mol. The lowest BCUT2D eigenvalue weighted by Gasteiger charge is -2.39. The molecule has 122 valence electrons. The minimum Gasteiger partial charge on any atom is -0.545 e. The standard InChI is InChI=1S/C20H18FNO2/c1-11-9-10-15(20(23)24)17-12-6-4-7-13(12)19(22-18(11)17)14-5-2-3-8-16(14)21/h2-6,8-10,12-13,19,22H,7H2,1H3,(H,23,24)/p-1/t12-,13+,19-/m1/s1. The van der Waals surface area contributed by atoms with Gasteiger partial charge < -0.3 is 15.2 Å². The summed E-state index contributed by atoms with van der Waals surface area (Å²) < 4.78 is 14.4. The van der Waals surface area contributed by atoms with Gasteiger partial charge in [-0.15, -0.1) is 0 Å². The number of carboxylic acid groups (broad SMARTS) is 1. The highest BCUT2D eigenvalue weighted by molar-refractivity contribution is 5.91. The smallest absolute Gasteiger partial charge is 0.128 e. The summed E-state index contributed by atoms with van der Waals surface area (Å²) in [6, 6.07) is 9.97. The molecule has 4 rings (SSSR count). The lowest BCUT2D eigenvalue weighted by Crippen LogP contribution is -2.33. The van der Waals surface area contributed by atoms with Gasteiger partial charge in [-0.05, 0) is 36.5 Å². The molecule has 0 bridgehead atoms. The third-order valence-corrected chi connectivity index (χ3v) is 5.19. The van der Waals surface area contributed by atoms with E-state index in [1.807, 2.05) is 19.1 Å². The summed E-state index contributed by atoms with van der Waals surface area (Å²) in [5.41, 5.74) is 3.35. The molecule has 1 aliphatic heterocycles. The molecule has 3 nitrogen and oxygen atoms in total. The van der Waals surface area contributed by atoms with E-state index in [0.717, 1.165) is 23.2 Å². The zero-order valence-electron chi connectivity index (χ0n) is 13.3. The van der Waals surface area contributed by atoms with Crippen LogP contribution in [0.2, 0.25) is 0 Å². The Kier molecular flexibility index (Phi) is 3.41. The third-order valence-electron chi connectivity index (χ3n) is 5.19. The molecule has 0 aromatic heterocycles. The highest BCUT2D eigenvalue weighted by Gasteiger charge is 2.40. The Bertz CT molecular complexity index is 859. The number of carboxylic acids is 1. The van der Waals surface area contributed by atoms with Crippen LogP contribution in [0, 0.1) is 18.7 Å². The molecule has 0 spiro atoms. The van der Waals surface area contributed by atoms with Crippen LogP contribution in [0.15, 0.2) is 48.6 Å². The minimum absolute atomic E-state index is 0.0429. The van der Waals surface area contributed by atoms with Crippen molar-refractivity contribution in [1.29, 1.82) is 0 Å². The molecule has 0 radical (unpaired) electrons. The number of carbonyl (C=O) groups excluding carboxylic acids is 1. The van der Waals surface area contributed by atoms with E-state index in [9.17, 15) is 14.3 Å². The molecular weight excluding hydrogens is 305 g/mol. The van der Waals surface area contributed by atoms with Crippen molar-refractivity contribution in [3.63, 3.8) is 0 Å². The molecule has 0 amide bonds. The SMILES string of the molecule is Cc1ccc(C(=O)[O-])c2c1N[C@@H](c1ccccc1F)[C@H]1CC=C[C@@H]21. The zero-order valence-corrected chi connectivity index (χ0v) is 13.3. The molecule has 3 atom stereocenters. The van der Waals surface area contributed by atoms with E-state index in [4.69, 9.17) is 0 Å².